The maximum Gasteiger partial charge on any atom is 0.335 e. The molecule has 1 fully saturated rings. The molecular formula is C20H22ClNO4. The summed E-state index contributed by atoms with van der Waals surface area (Å²) in [6, 6.07) is 12.2. The van der Waals surface area contributed by atoms with Crippen LogP contribution < -0.4 is 4.74 Å². The zero-order chi connectivity index (χ0) is 18.5. The van der Waals surface area contributed by atoms with E-state index in [1.807, 2.05) is 12.1 Å². The van der Waals surface area contributed by atoms with Crippen molar-refractivity contribution in [1.29, 1.82) is 0 Å². The zero-order valence-electron chi connectivity index (χ0n) is 14.3. The molecule has 0 amide bonds. The minimum absolute atomic E-state index is 0.0640. The van der Waals surface area contributed by atoms with Gasteiger partial charge in [-0.15, -0.1) is 0 Å². The fourth-order valence-electron chi connectivity index (χ4n) is 3.55. The van der Waals surface area contributed by atoms with Crippen LogP contribution in [0, 0.1) is 11.8 Å². The molecule has 1 aromatic heterocycles. The second kappa shape index (κ2) is 8.52. The highest BCUT2D eigenvalue weighted by molar-refractivity contribution is 6.29. The summed E-state index contributed by atoms with van der Waals surface area (Å²) >= 11 is 5.87. The molecule has 2 aromatic rings. The van der Waals surface area contributed by atoms with Crippen molar-refractivity contribution in [3.8, 4) is 5.88 Å². The Bertz CT molecular complexity index is 750. The predicted octanol–water partition coefficient (Wildman–Crippen LogP) is 3.83. The number of aromatic nitrogens is 1. The number of carboxylic acid groups (broad SMARTS) is 1. The molecule has 138 valence electrons. The molecule has 1 heterocycles. The van der Waals surface area contributed by atoms with E-state index in [9.17, 15) is 9.90 Å². The topological polar surface area (TPSA) is 79.7 Å². The monoisotopic (exact) mass is 375 g/mol. The van der Waals surface area contributed by atoms with Crippen LogP contribution in [-0.2, 0) is 6.42 Å². The van der Waals surface area contributed by atoms with Crippen LogP contribution in [0.2, 0.25) is 5.15 Å². The number of carbonyl (C=O) groups is 1. The Morgan fingerprint density at radius 3 is 2.65 bits per heavy atom. The number of hydrogen-bond donors (Lipinski definition) is 2. The van der Waals surface area contributed by atoms with E-state index in [2.05, 4.69) is 4.98 Å². The van der Waals surface area contributed by atoms with Crippen LogP contribution in [0.15, 0.2) is 42.5 Å². The average Bonchev–Trinajstić information content (AvgIpc) is 2.98. The van der Waals surface area contributed by atoms with Gasteiger partial charge in [0.25, 0.3) is 0 Å². The van der Waals surface area contributed by atoms with Crippen molar-refractivity contribution < 1.29 is 19.7 Å². The minimum Gasteiger partial charge on any atom is -0.478 e. The molecule has 0 radical (unpaired) electrons. The number of carboxylic acids is 1. The lowest BCUT2D eigenvalue weighted by Crippen LogP contribution is -2.26. The third kappa shape index (κ3) is 4.74. The second-order valence-electron chi connectivity index (χ2n) is 6.72. The number of aromatic carboxylic acids is 1. The molecule has 0 unspecified atom stereocenters. The first kappa shape index (κ1) is 18.7. The third-order valence-electron chi connectivity index (χ3n) is 5.05. The Balaban J connectivity index is 1.55. The number of ether oxygens (including phenoxy) is 1. The molecule has 1 saturated carbocycles. The Morgan fingerprint density at radius 1 is 1.19 bits per heavy atom. The van der Waals surface area contributed by atoms with Crippen LogP contribution in [0.3, 0.4) is 0 Å². The zero-order valence-corrected chi connectivity index (χ0v) is 15.1. The van der Waals surface area contributed by atoms with E-state index < -0.39 is 5.97 Å². The summed E-state index contributed by atoms with van der Waals surface area (Å²) in [5.41, 5.74) is 1.40. The van der Waals surface area contributed by atoms with Crippen molar-refractivity contribution in [2.24, 2.45) is 11.8 Å². The molecule has 2 N–H and O–H groups in total. The van der Waals surface area contributed by atoms with Crippen molar-refractivity contribution in [3.05, 3.63) is 58.7 Å². The smallest absolute Gasteiger partial charge is 0.335 e. The van der Waals surface area contributed by atoms with Gasteiger partial charge in [-0.05, 0) is 55.4 Å². The van der Waals surface area contributed by atoms with E-state index in [-0.39, 0.29) is 12.0 Å². The third-order valence-corrected chi connectivity index (χ3v) is 5.26. The summed E-state index contributed by atoms with van der Waals surface area (Å²) in [7, 11) is 0. The van der Waals surface area contributed by atoms with E-state index in [1.165, 1.54) is 0 Å². The normalized spacial score (nSPS) is 22.3. The first-order valence-electron chi connectivity index (χ1n) is 8.78. The van der Waals surface area contributed by atoms with Crippen molar-refractivity contribution in [1.82, 2.24) is 4.98 Å². The molecule has 3 rings (SSSR count). The Kier molecular flexibility index (Phi) is 6.12. The highest BCUT2D eigenvalue weighted by Gasteiger charge is 2.35. The van der Waals surface area contributed by atoms with Gasteiger partial charge in [0.05, 0.1) is 18.3 Å². The quantitative estimate of drug-likeness (QED) is 0.719. The number of benzene rings is 1. The summed E-state index contributed by atoms with van der Waals surface area (Å²) in [5, 5.41) is 19.6. The lowest BCUT2D eigenvalue weighted by atomic mass is 9.89. The molecule has 1 aromatic carbocycles. The van der Waals surface area contributed by atoms with Gasteiger partial charge in [0.15, 0.2) is 0 Å². The SMILES string of the molecule is O=C(O)c1ccc(CC[C@H]2CC[C@@H](O)[C@@H]2COc2cccc(Cl)n2)cc1. The molecular weight excluding hydrogens is 354 g/mol. The first-order valence-corrected chi connectivity index (χ1v) is 9.16. The average molecular weight is 376 g/mol. The summed E-state index contributed by atoms with van der Waals surface area (Å²) in [4.78, 5) is 15.0. The van der Waals surface area contributed by atoms with E-state index in [1.54, 1.807) is 30.3 Å². The Hall–Kier alpha value is -2.11. The summed E-state index contributed by atoms with van der Waals surface area (Å²) in [6.45, 7) is 0.414. The van der Waals surface area contributed by atoms with Gasteiger partial charge >= 0.3 is 5.97 Å². The highest BCUT2D eigenvalue weighted by Crippen LogP contribution is 2.35. The standard InChI is InChI=1S/C20H22ClNO4/c21-18-2-1-3-19(22-18)26-12-16-14(10-11-17(16)23)7-4-13-5-8-15(9-6-13)20(24)25/h1-3,5-6,8-9,14,16-17,23H,4,7,10-12H2,(H,24,25)/t14-,16+,17+/m0/s1. The maximum absolute atomic E-state index is 10.9. The molecule has 3 atom stereocenters. The fraction of sp³-hybridized carbons (Fsp3) is 0.400. The number of nitrogens with zero attached hydrogens (tertiary/aromatic N) is 1. The van der Waals surface area contributed by atoms with Gasteiger partial charge in [0, 0.05) is 12.0 Å². The molecule has 1 aliphatic carbocycles. The molecule has 1 aliphatic rings. The van der Waals surface area contributed by atoms with Crippen LogP contribution >= 0.6 is 11.6 Å². The van der Waals surface area contributed by atoms with Crippen molar-refractivity contribution in [3.63, 3.8) is 0 Å². The molecule has 0 spiro atoms. The summed E-state index contributed by atoms with van der Waals surface area (Å²) in [5.74, 6) is -0.0145. The van der Waals surface area contributed by atoms with Crippen LogP contribution in [0.25, 0.3) is 0 Å². The number of aliphatic hydroxyl groups excluding tert-OH is 1. The Labute approximate surface area is 157 Å². The van der Waals surface area contributed by atoms with Gasteiger partial charge in [-0.2, -0.15) is 0 Å². The van der Waals surface area contributed by atoms with Gasteiger partial charge in [0.2, 0.25) is 5.88 Å². The number of rotatable bonds is 7. The van der Waals surface area contributed by atoms with Gasteiger partial charge in [-0.25, -0.2) is 9.78 Å². The van der Waals surface area contributed by atoms with E-state index >= 15 is 0 Å². The summed E-state index contributed by atoms with van der Waals surface area (Å²) in [6.07, 6.45) is 3.16. The van der Waals surface area contributed by atoms with E-state index in [0.29, 0.717) is 29.1 Å². The largest absolute Gasteiger partial charge is 0.478 e. The van der Waals surface area contributed by atoms with E-state index in [0.717, 1.165) is 31.2 Å². The van der Waals surface area contributed by atoms with Gasteiger partial charge in [0.1, 0.15) is 5.15 Å². The minimum atomic E-state index is -0.915. The van der Waals surface area contributed by atoms with Crippen LogP contribution in [-0.4, -0.2) is 33.9 Å². The second-order valence-corrected chi connectivity index (χ2v) is 7.11. The number of halogens is 1. The fourth-order valence-corrected chi connectivity index (χ4v) is 3.71. The van der Waals surface area contributed by atoms with Crippen LogP contribution in [0.1, 0.15) is 35.2 Å². The van der Waals surface area contributed by atoms with Crippen LogP contribution in [0.4, 0.5) is 0 Å². The van der Waals surface area contributed by atoms with Crippen LogP contribution in [0.5, 0.6) is 5.88 Å². The maximum atomic E-state index is 10.9. The lowest BCUT2D eigenvalue weighted by molar-refractivity contribution is 0.0696. The van der Waals surface area contributed by atoms with Gasteiger partial charge in [-0.3, -0.25) is 0 Å². The predicted molar refractivity (Wildman–Crippen MR) is 98.7 cm³/mol. The van der Waals surface area contributed by atoms with Crippen molar-refractivity contribution in [2.75, 3.05) is 6.61 Å². The summed E-state index contributed by atoms with van der Waals surface area (Å²) < 4.78 is 5.74. The van der Waals surface area contributed by atoms with Crippen molar-refractivity contribution >= 4 is 17.6 Å². The first-order chi connectivity index (χ1) is 12.5. The Morgan fingerprint density at radius 2 is 1.96 bits per heavy atom. The molecule has 0 bridgehead atoms. The van der Waals surface area contributed by atoms with Gasteiger partial charge < -0.3 is 14.9 Å². The molecule has 0 aliphatic heterocycles. The highest BCUT2D eigenvalue weighted by atomic mass is 35.5. The molecule has 26 heavy (non-hydrogen) atoms. The molecule has 0 saturated heterocycles. The molecule has 6 heteroatoms. The van der Waals surface area contributed by atoms with Gasteiger partial charge in [-0.1, -0.05) is 29.8 Å². The number of hydrogen-bond acceptors (Lipinski definition) is 4. The number of aliphatic hydroxyl groups is 1. The molecule has 5 nitrogen and oxygen atoms in total. The van der Waals surface area contributed by atoms with E-state index in [4.69, 9.17) is 21.4 Å². The number of aryl methyl sites for hydroxylation is 1. The number of pyridine rings is 1. The van der Waals surface area contributed by atoms with Crippen molar-refractivity contribution in [2.45, 2.75) is 31.8 Å². The lowest BCUT2D eigenvalue weighted by Gasteiger charge is -2.22.